The molecule has 0 aliphatic heterocycles. The van der Waals surface area contributed by atoms with E-state index < -0.39 is 0 Å². The number of rotatable bonds is 5. The van der Waals surface area contributed by atoms with Crippen LogP contribution >= 0.6 is 0 Å². The first-order valence-corrected chi connectivity index (χ1v) is 6.67. The number of aryl methyl sites for hydroxylation is 1. The van der Waals surface area contributed by atoms with Crippen molar-refractivity contribution in [2.24, 2.45) is 11.7 Å². The Kier molecular flexibility index (Phi) is 4.69. The first-order chi connectivity index (χ1) is 9.17. The van der Waals surface area contributed by atoms with Crippen molar-refractivity contribution in [3.05, 3.63) is 71.0 Å². The highest BCUT2D eigenvalue weighted by Gasteiger charge is 2.09. The van der Waals surface area contributed by atoms with Crippen LogP contribution in [0.15, 0.2) is 48.5 Å². The van der Waals surface area contributed by atoms with Crippen molar-refractivity contribution >= 4 is 0 Å². The molecule has 0 amide bonds. The molecule has 2 aromatic carbocycles. The Bertz CT molecular complexity index is 519. The van der Waals surface area contributed by atoms with Gasteiger partial charge in [-0.05, 0) is 55.5 Å². The summed E-state index contributed by atoms with van der Waals surface area (Å²) in [5.74, 6) is 0.174. The van der Waals surface area contributed by atoms with E-state index in [1.54, 1.807) is 12.1 Å². The van der Waals surface area contributed by atoms with E-state index in [1.165, 1.54) is 17.2 Å². The summed E-state index contributed by atoms with van der Waals surface area (Å²) in [5.41, 5.74) is 9.41. The Labute approximate surface area is 114 Å². The van der Waals surface area contributed by atoms with Crippen molar-refractivity contribution in [2.75, 3.05) is 6.54 Å². The fourth-order valence-electron chi connectivity index (χ4n) is 2.29. The maximum atomic E-state index is 13.2. The zero-order valence-electron chi connectivity index (χ0n) is 11.3. The van der Waals surface area contributed by atoms with Crippen LogP contribution in [-0.2, 0) is 12.8 Å². The molecular formula is C17H20FN. The first kappa shape index (κ1) is 13.8. The number of halogens is 1. The molecule has 1 atom stereocenters. The normalized spacial score (nSPS) is 12.4. The summed E-state index contributed by atoms with van der Waals surface area (Å²) in [4.78, 5) is 0. The summed E-state index contributed by atoms with van der Waals surface area (Å²) >= 11 is 0. The number of benzene rings is 2. The molecule has 0 bridgehead atoms. The Hall–Kier alpha value is -1.67. The quantitative estimate of drug-likeness (QED) is 0.871. The zero-order chi connectivity index (χ0) is 13.7. The molecule has 0 saturated carbocycles. The molecule has 2 aromatic rings. The number of hydrogen-bond donors (Lipinski definition) is 1. The second-order valence-electron chi connectivity index (χ2n) is 5.13. The number of nitrogens with two attached hydrogens (primary N) is 1. The lowest BCUT2D eigenvalue weighted by molar-refractivity contribution is 0.530. The Morgan fingerprint density at radius 1 is 1.00 bits per heavy atom. The van der Waals surface area contributed by atoms with Crippen molar-refractivity contribution in [1.29, 1.82) is 0 Å². The summed E-state index contributed by atoms with van der Waals surface area (Å²) in [7, 11) is 0. The average molecular weight is 257 g/mol. The van der Waals surface area contributed by atoms with E-state index in [0.717, 1.165) is 18.4 Å². The van der Waals surface area contributed by atoms with Crippen molar-refractivity contribution in [3.63, 3.8) is 0 Å². The fourth-order valence-corrected chi connectivity index (χ4v) is 2.29. The molecule has 1 nitrogen and oxygen atoms in total. The molecule has 2 rings (SSSR count). The minimum Gasteiger partial charge on any atom is -0.330 e. The van der Waals surface area contributed by atoms with Gasteiger partial charge in [0, 0.05) is 0 Å². The molecule has 0 aliphatic rings. The van der Waals surface area contributed by atoms with Gasteiger partial charge in [-0.2, -0.15) is 0 Å². The summed E-state index contributed by atoms with van der Waals surface area (Å²) in [5, 5.41) is 0. The van der Waals surface area contributed by atoms with Gasteiger partial charge >= 0.3 is 0 Å². The first-order valence-electron chi connectivity index (χ1n) is 6.67. The second-order valence-corrected chi connectivity index (χ2v) is 5.13. The van der Waals surface area contributed by atoms with Crippen LogP contribution in [0.4, 0.5) is 4.39 Å². The summed E-state index contributed by atoms with van der Waals surface area (Å²) in [6.45, 7) is 2.70. The highest BCUT2D eigenvalue weighted by molar-refractivity contribution is 5.23. The molecule has 2 heteroatoms. The fraction of sp³-hybridized carbons (Fsp3) is 0.294. The van der Waals surface area contributed by atoms with Crippen molar-refractivity contribution < 1.29 is 4.39 Å². The lowest BCUT2D eigenvalue weighted by Gasteiger charge is -2.15. The van der Waals surface area contributed by atoms with Crippen molar-refractivity contribution in [1.82, 2.24) is 0 Å². The minimum absolute atomic E-state index is 0.177. The van der Waals surface area contributed by atoms with Crippen molar-refractivity contribution in [3.8, 4) is 0 Å². The van der Waals surface area contributed by atoms with E-state index in [9.17, 15) is 4.39 Å². The van der Waals surface area contributed by atoms with Crippen LogP contribution in [0.1, 0.15) is 16.7 Å². The largest absolute Gasteiger partial charge is 0.330 e. The standard InChI is InChI=1S/C17H20FN/c1-13-5-7-14(8-6-13)9-16(12-19)10-15-3-2-4-17(18)11-15/h2-8,11,16H,9-10,12,19H2,1H3. The third-order valence-electron chi connectivity index (χ3n) is 3.39. The van der Waals surface area contributed by atoms with E-state index in [0.29, 0.717) is 12.5 Å². The van der Waals surface area contributed by atoms with Crippen molar-refractivity contribution in [2.45, 2.75) is 19.8 Å². The van der Waals surface area contributed by atoms with Gasteiger partial charge in [-0.15, -0.1) is 0 Å². The molecule has 0 spiro atoms. The van der Waals surface area contributed by atoms with Crippen LogP contribution in [0.5, 0.6) is 0 Å². The third-order valence-corrected chi connectivity index (χ3v) is 3.39. The van der Waals surface area contributed by atoms with E-state index >= 15 is 0 Å². The summed E-state index contributed by atoms with van der Waals surface area (Å²) in [6.07, 6.45) is 1.76. The minimum atomic E-state index is -0.177. The highest BCUT2D eigenvalue weighted by Crippen LogP contribution is 2.15. The maximum absolute atomic E-state index is 13.2. The van der Waals surface area contributed by atoms with Crippen LogP contribution in [-0.4, -0.2) is 6.54 Å². The summed E-state index contributed by atoms with van der Waals surface area (Å²) in [6, 6.07) is 15.3. The molecule has 0 heterocycles. The van der Waals surface area contributed by atoms with Gasteiger partial charge in [0.2, 0.25) is 0 Å². The molecule has 0 aliphatic carbocycles. The lowest BCUT2D eigenvalue weighted by Crippen LogP contribution is -2.19. The van der Waals surface area contributed by atoms with E-state index in [-0.39, 0.29) is 5.82 Å². The molecule has 2 N–H and O–H groups in total. The molecule has 1 unspecified atom stereocenters. The predicted molar refractivity (Wildman–Crippen MR) is 77.5 cm³/mol. The molecule has 100 valence electrons. The zero-order valence-corrected chi connectivity index (χ0v) is 11.3. The predicted octanol–water partition coefficient (Wildman–Crippen LogP) is 3.49. The van der Waals surface area contributed by atoms with Crippen LogP contribution in [0.25, 0.3) is 0 Å². The number of hydrogen-bond acceptors (Lipinski definition) is 1. The van der Waals surface area contributed by atoms with E-state index in [4.69, 9.17) is 5.73 Å². The average Bonchev–Trinajstić information content (AvgIpc) is 2.40. The van der Waals surface area contributed by atoms with Gasteiger partial charge in [0.25, 0.3) is 0 Å². The Balaban J connectivity index is 2.02. The smallest absolute Gasteiger partial charge is 0.123 e. The van der Waals surface area contributed by atoms with Gasteiger partial charge in [-0.3, -0.25) is 0 Å². The SMILES string of the molecule is Cc1ccc(CC(CN)Cc2cccc(F)c2)cc1. The maximum Gasteiger partial charge on any atom is 0.123 e. The molecule has 0 fully saturated rings. The van der Waals surface area contributed by atoms with Gasteiger partial charge in [-0.25, -0.2) is 4.39 Å². The molecule has 0 aromatic heterocycles. The molecule has 0 radical (unpaired) electrons. The van der Waals surface area contributed by atoms with E-state index in [2.05, 4.69) is 31.2 Å². The van der Waals surface area contributed by atoms with Gasteiger partial charge in [0.1, 0.15) is 5.82 Å². The van der Waals surface area contributed by atoms with Crippen LogP contribution in [0.3, 0.4) is 0 Å². The molecule has 0 saturated heterocycles. The van der Waals surface area contributed by atoms with Crippen LogP contribution in [0.2, 0.25) is 0 Å². The highest BCUT2D eigenvalue weighted by atomic mass is 19.1. The van der Waals surface area contributed by atoms with Crippen LogP contribution in [0, 0.1) is 18.7 Å². The van der Waals surface area contributed by atoms with Crippen LogP contribution < -0.4 is 5.73 Å². The van der Waals surface area contributed by atoms with Gasteiger partial charge in [0.15, 0.2) is 0 Å². The monoisotopic (exact) mass is 257 g/mol. The van der Waals surface area contributed by atoms with Gasteiger partial charge in [-0.1, -0.05) is 42.0 Å². The third kappa shape index (κ3) is 4.18. The molecule has 19 heavy (non-hydrogen) atoms. The van der Waals surface area contributed by atoms with Gasteiger partial charge < -0.3 is 5.73 Å². The van der Waals surface area contributed by atoms with E-state index in [1.807, 2.05) is 6.07 Å². The lowest BCUT2D eigenvalue weighted by atomic mass is 9.92. The Morgan fingerprint density at radius 2 is 1.68 bits per heavy atom. The van der Waals surface area contributed by atoms with Gasteiger partial charge in [0.05, 0.1) is 0 Å². The second kappa shape index (κ2) is 6.48. The topological polar surface area (TPSA) is 26.0 Å². The summed E-state index contributed by atoms with van der Waals surface area (Å²) < 4.78 is 13.2. The Morgan fingerprint density at radius 3 is 2.32 bits per heavy atom. The molecular weight excluding hydrogens is 237 g/mol.